The van der Waals surface area contributed by atoms with Crippen LogP contribution in [0.15, 0.2) is 97.1 Å². The predicted octanol–water partition coefficient (Wildman–Crippen LogP) is 6.07. The zero-order valence-electron chi connectivity index (χ0n) is 17.5. The molecule has 0 saturated heterocycles. The van der Waals surface area contributed by atoms with Gasteiger partial charge in [-0.1, -0.05) is 48.5 Å². The maximum Gasteiger partial charge on any atom is 0.326 e. The zero-order chi connectivity index (χ0) is 22.1. The number of aldehydes is 1. The van der Waals surface area contributed by atoms with E-state index in [-0.39, 0.29) is 6.03 Å². The largest absolute Gasteiger partial charge is 0.340 e. The molecule has 0 fully saturated rings. The molecular formula is C27H21N3O2. The van der Waals surface area contributed by atoms with Gasteiger partial charge in [0.1, 0.15) is 0 Å². The summed E-state index contributed by atoms with van der Waals surface area (Å²) in [4.78, 5) is 26.1. The van der Waals surface area contributed by atoms with Crippen LogP contribution in [0.3, 0.4) is 0 Å². The number of nitrogens with one attached hydrogen (secondary N) is 1. The summed E-state index contributed by atoms with van der Waals surface area (Å²) in [5, 5.41) is 4.81. The topological polar surface area (TPSA) is 54.3 Å². The standard InChI is InChI=1S/C27H21N3O2/c1-28-27(32)30(24-13-7-5-9-19(24)18-31)21-15-16-26-23(17-21)22-12-6-8-14-25(22)29(26)20-10-3-2-4-11-20/h2-18H,1H3,(H,28,32). The van der Waals surface area contributed by atoms with Crippen LogP contribution in [0.1, 0.15) is 10.4 Å². The van der Waals surface area contributed by atoms with E-state index in [1.807, 2.05) is 54.6 Å². The van der Waals surface area contributed by atoms with Crippen molar-refractivity contribution in [3.05, 3.63) is 103 Å². The number of hydrogen-bond acceptors (Lipinski definition) is 2. The number of fused-ring (bicyclic) bond motifs is 3. The van der Waals surface area contributed by atoms with Crippen LogP contribution in [0, 0.1) is 0 Å². The summed E-state index contributed by atoms with van der Waals surface area (Å²) in [6.07, 6.45) is 0.769. The summed E-state index contributed by atoms with van der Waals surface area (Å²) in [6, 6.07) is 31.1. The van der Waals surface area contributed by atoms with E-state index in [0.29, 0.717) is 16.9 Å². The molecule has 5 rings (SSSR count). The van der Waals surface area contributed by atoms with Crippen molar-refractivity contribution < 1.29 is 9.59 Å². The molecule has 0 atom stereocenters. The van der Waals surface area contributed by atoms with Gasteiger partial charge in [0, 0.05) is 29.1 Å². The molecule has 0 bridgehead atoms. The molecule has 0 radical (unpaired) electrons. The first kappa shape index (κ1) is 19.6. The normalized spacial score (nSPS) is 10.9. The Labute approximate surface area is 185 Å². The molecule has 0 spiro atoms. The minimum absolute atomic E-state index is 0.314. The number of urea groups is 1. The van der Waals surface area contributed by atoms with Crippen molar-refractivity contribution in [2.45, 2.75) is 0 Å². The van der Waals surface area contributed by atoms with Crippen molar-refractivity contribution in [3.63, 3.8) is 0 Å². The molecule has 0 aliphatic rings. The lowest BCUT2D eigenvalue weighted by molar-refractivity contribution is 0.112. The summed E-state index contributed by atoms with van der Waals surface area (Å²) in [7, 11) is 1.58. The van der Waals surface area contributed by atoms with Crippen LogP contribution in [0.2, 0.25) is 0 Å². The van der Waals surface area contributed by atoms with Crippen LogP contribution in [0.5, 0.6) is 0 Å². The molecule has 1 N–H and O–H groups in total. The highest BCUT2D eigenvalue weighted by atomic mass is 16.2. The minimum Gasteiger partial charge on any atom is -0.340 e. The number of hydrogen-bond donors (Lipinski definition) is 1. The molecule has 1 heterocycles. The molecule has 0 aliphatic heterocycles. The van der Waals surface area contributed by atoms with Gasteiger partial charge in [-0.2, -0.15) is 0 Å². The van der Waals surface area contributed by atoms with Crippen molar-refractivity contribution in [1.29, 1.82) is 0 Å². The number of anilines is 2. The average Bonchev–Trinajstić information content (AvgIpc) is 3.19. The third-order valence-corrected chi connectivity index (χ3v) is 5.65. The Bertz CT molecular complexity index is 1450. The summed E-state index contributed by atoms with van der Waals surface area (Å²) < 4.78 is 2.22. The monoisotopic (exact) mass is 419 g/mol. The molecule has 0 unspecified atom stereocenters. The van der Waals surface area contributed by atoms with Gasteiger partial charge in [0.05, 0.1) is 22.4 Å². The maximum absolute atomic E-state index is 12.9. The molecule has 156 valence electrons. The van der Waals surface area contributed by atoms with Gasteiger partial charge in [0.15, 0.2) is 6.29 Å². The van der Waals surface area contributed by atoms with Gasteiger partial charge < -0.3 is 9.88 Å². The molecule has 0 aliphatic carbocycles. The van der Waals surface area contributed by atoms with Crippen LogP contribution >= 0.6 is 0 Å². The first-order valence-electron chi connectivity index (χ1n) is 10.4. The van der Waals surface area contributed by atoms with Crippen LogP contribution in [0.25, 0.3) is 27.5 Å². The summed E-state index contributed by atoms with van der Waals surface area (Å²) in [5.74, 6) is 0. The number of rotatable bonds is 4. The SMILES string of the molecule is CNC(=O)N(c1ccc2c(c1)c1ccccc1n2-c1ccccc1)c1ccccc1C=O. The fraction of sp³-hybridized carbons (Fsp3) is 0.0370. The molecule has 5 nitrogen and oxygen atoms in total. The second-order valence-corrected chi connectivity index (χ2v) is 7.46. The van der Waals surface area contributed by atoms with E-state index in [0.717, 1.165) is 33.8 Å². The highest BCUT2D eigenvalue weighted by Crippen LogP contribution is 2.36. The quantitative estimate of drug-likeness (QED) is 0.359. The van der Waals surface area contributed by atoms with Crippen molar-refractivity contribution in [1.82, 2.24) is 9.88 Å². The van der Waals surface area contributed by atoms with E-state index in [9.17, 15) is 9.59 Å². The number of carbonyl (C=O) groups excluding carboxylic acids is 2. The zero-order valence-corrected chi connectivity index (χ0v) is 17.5. The Hall–Kier alpha value is -4.38. The first-order chi connectivity index (χ1) is 15.7. The summed E-state index contributed by atoms with van der Waals surface area (Å²) in [5.41, 5.74) is 4.87. The lowest BCUT2D eigenvalue weighted by Gasteiger charge is -2.24. The first-order valence-corrected chi connectivity index (χ1v) is 10.4. The van der Waals surface area contributed by atoms with Gasteiger partial charge in [-0.25, -0.2) is 4.79 Å². The number of amides is 2. The molecule has 5 heteroatoms. The Balaban J connectivity index is 1.78. The van der Waals surface area contributed by atoms with Crippen LogP contribution in [-0.2, 0) is 0 Å². The summed E-state index contributed by atoms with van der Waals surface area (Å²) >= 11 is 0. The molecule has 0 saturated carbocycles. The van der Waals surface area contributed by atoms with Gasteiger partial charge >= 0.3 is 6.03 Å². The van der Waals surface area contributed by atoms with E-state index >= 15 is 0 Å². The lowest BCUT2D eigenvalue weighted by atomic mass is 10.1. The Morgan fingerprint density at radius 3 is 2.28 bits per heavy atom. The van der Waals surface area contributed by atoms with Gasteiger partial charge in [0.2, 0.25) is 0 Å². The Morgan fingerprint density at radius 2 is 1.50 bits per heavy atom. The molecular weight excluding hydrogens is 398 g/mol. The Kier molecular flexibility index (Phi) is 4.92. The summed E-state index contributed by atoms with van der Waals surface area (Å²) in [6.45, 7) is 0. The van der Waals surface area contributed by atoms with Gasteiger partial charge in [-0.05, 0) is 48.5 Å². The average molecular weight is 419 g/mol. The molecule has 5 aromatic rings. The lowest BCUT2D eigenvalue weighted by Crippen LogP contribution is -2.35. The molecule has 4 aromatic carbocycles. The van der Waals surface area contributed by atoms with Crippen molar-refractivity contribution >= 4 is 45.5 Å². The van der Waals surface area contributed by atoms with Gasteiger partial charge in [-0.15, -0.1) is 0 Å². The minimum atomic E-state index is -0.314. The smallest absolute Gasteiger partial charge is 0.326 e. The fourth-order valence-electron chi connectivity index (χ4n) is 4.22. The van der Waals surface area contributed by atoms with E-state index in [4.69, 9.17) is 0 Å². The number of benzene rings is 4. The van der Waals surface area contributed by atoms with Gasteiger partial charge in [-0.3, -0.25) is 9.69 Å². The van der Waals surface area contributed by atoms with E-state index in [2.05, 4.69) is 34.1 Å². The van der Waals surface area contributed by atoms with Crippen LogP contribution in [0.4, 0.5) is 16.2 Å². The second-order valence-electron chi connectivity index (χ2n) is 7.46. The fourth-order valence-corrected chi connectivity index (χ4v) is 4.22. The van der Waals surface area contributed by atoms with Gasteiger partial charge in [0.25, 0.3) is 0 Å². The number of para-hydroxylation sites is 3. The van der Waals surface area contributed by atoms with Crippen LogP contribution in [-0.4, -0.2) is 23.9 Å². The molecule has 32 heavy (non-hydrogen) atoms. The van der Waals surface area contributed by atoms with E-state index < -0.39 is 0 Å². The highest BCUT2D eigenvalue weighted by Gasteiger charge is 2.21. The molecule has 2 amide bonds. The number of nitrogens with zero attached hydrogens (tertiary/aromatic N) is 2. The Morgan fingerprint density at radius 1 is 0.812 bits per heavy atom. The molecule has 1 aromatic heterocycles. The number of aromatic nitrogens is 1. The van der Waals surface area contributed by atoms with E-state index in [1.165, 1.54) is 4.90 Å². The highest BCUT2D eigenvalue weighted by molar-refractivity contribution is 6.12. The van der Waals surface area contributed by atoms with Crippen molar-refractivity contribution in [3.8, 4) is 5.69 Å². The third-order valence-electron chi connectivity index (χ3n) is 5.65. The number of carbonyl (C=O) groups is 2. The van der Waals surface area contributed by atoms with E-state index in [1.54, 1.807) is 25.2 Å². The third kappa shape index (κ3) is 3.11. The van der Waals surface area contributed by atoms with Crippen LogP contribution < -0.4 is 10.2 Å². The van der Waals surface area contributed by atoms with Crippen molar-refractivity contribution in [2.75, 3.05) is 11.9 Å². The second kappa shape index (κ2) is 8.04. The van der Waals surface area contributed by atoms with Crippen molar-refractivity contribution in [2.24, 2.45) is 0 Å². The maximum atomic E-state index is 12.9. The predicted molar refractivity (Wildman–Crippen MR) is 129 cm³/mol.